The van der Waals surface area contributed by atoms with Gasteiger partial charge in [0.25, 0.3) is 0 Å². The fourth-order valence-corrected chi connectivity index (χ4v) is 2.22. The van der Waals surface area contributed by atoms with Crippen molar-refractivity contribution in [2.75, 3.05) is 18.6 Å². The Kier molecular flexibility index (Phi) is 4.56. The average Bonchev–Trinajstić information content (AvgIpc) is 2.44. The molecule has 0 aliphatic carbocycles. The molecule has 0 amide bonds. The molecule has 0 saturated heterocycles. The van der Waals surface area contributed by atoms with Crippen LogP contribution < -0.4 is 9.64 Å². The lowest BCUT2D eigenvalue weighted by Crippen LogP contribution is -2.15. The number of rotatable bonds is 4. The molecule has 100 valence electrons. The summed E-state index contributed by atoms with van der Waals surface area (Å²) in [5.74, 6) is 0.842. The molecule has 0 radical (unpaired) electrons. The lowest BCUT2D eigenvalue weighted by Gasteiger charge is -2.23. The van der Waals surface area contributed by atoms with Crippen LogP contribution in [0.3, 0.4) is 0 Å². The van der Waals surface area contributed by atoms with Crippen LogP contribution in [-0.2, 0) is 0 Å². The van der Waals surface area contributed by atoms with Crippen LogP contribution >= 0.6 is 23.2 Å². The number of hydrogen-bond acceptors (Lipinski definition) is 2. The summed E-state index contributed by atoms with van der Waals surface area (Å²) in [6, 6.07) is 13.6. The molecule has 0 aliphatic heterocycles. The van der Waals surface area contributed by atoms with Crippen LogP contribution in [0.2, 0.25) is 10.0 Å². The van der Waals surface area contributed by atoms with E-state index in [-0.39, 0.29) is 0 Å². The molecular weight excluding hydrogens is 281 g/mol. The van der Waals surface area contributed by atoms with Crippen molar-refractivity contribution < 1.29 is 4.74 Å². The molecule has 0 aromatic heterocycles. The number of halogens is 2. The van der Waals surface area contributed by atoms with Crippen molar-refractivity contribution in [1.82, 2.24) is 0 Å². The zero-order chi connectivity index (χ0) is 13.8. The average molecular weight is 296 g/mol. The standard InChI is InChI=1S/C15H15Cl2NO/c1-3-18(11-4-7-13(19-2)8-5-11)12-6-9-14(16)15(17)10-12/h4-10H,3H2,1-2H3. The van der Waals surface area contributed by atoms with Crippen molar-refractivity contribution >= 4 is 34.6 Å². The third-order valence-electron chi connectivity index (χ3n) is 2.92. The maximum absolute atomic E-state index is 6.07. The normalized spacial score (nSPS) is 10.3. The number of methoxy groups -OCH3 is 1. The molecule has 0 spiro atoms. The first kappa shape index (κ1) is 14.0. The van der Waals surface area contributed by atoms with Gasteiger partial charge in [0.1, 0.15) is 5.75 Å². The van der Waals surface area contributed by atoms with Crippen molar-refractivity contribution in [3.63, 3.8) is 0 Å². The van der Waals surface area contributed by atoms with Crippen LogP contribution in [0.25, 0.3) is 0 Å². The maximum Gasteiger partial charge on any atom is 0.119 e. The number of hydrogen-bond donors (Lipinski definition) is 0. The van der Waals surface area contributed by atoms with Crippen molar-refractivity contribution in [1.29, 1.82) is 0 Å². The van der Waals surface area contributed by atoms with Gasteiger partial charge in [0, 0.05) is 17.9 Å². The molecule has 2 nitrogen and oxygen atoms in total. The largest absolute Gasteiger partial charge is 0.497 e. The van der Waals surface area contributed by atoms with E-state index in [1.54, 1.807) is 7.11 Å². The van der Waals surface area contributed by atoms with Gasteiger partial charge in [-0.05, 0) is 49.4 Å². The minimum Gasteiger partial charge on any atom is -0.497 e. The Labute approximate surface area is 123 Å². The molecule has 19 heavy (non-hydrogen) atoms. The highest BCUT2D eigenvalue weighted by Gasteiger charge is 2.09. The molecule has 0 aliphatic rings. The van der Waals surface area contributed by atoms with Crippen LogP contribution in [0, 0.1) is 0 Å². The highest BCUT2D eigenvalue weighted by molar-refractivity contribution is 6.42. The molecular formula is C15H15Cl2NO. The highest BCUT2D eigenvalue weighted by Crippen LogP contribution is 2.31. The van der Waals surface area contributed by atoms with Crippen molar-refractivity contribution in [3.05, 3.63) is 52.5 Å². The van der Waals surface area contributed by atoms with Crippen molar-refractivity contribution in [2.45, 2.75) is 6.92 Å². The van der Waals surface area contributed by atoms with Gasteiger partial charge in [-0.3, -0.25) is 0 Å². The summed E-state index contributed by atoms with van der Waals surface area (Å²) in [6.07, 6.45) is 0. The maximum atomic E-state index is 6.07. The van der Waals surface area contributed by atoms with Crippen LogP contribution in [0.15, 0.2) is 42.5 Å². The molecule has 0 unspecified atom stereocenters. The Bertz CT molecular complexity index is 555. The molecule has 2 aromatic carbocycles. The van der Waals surface area contributed by atoms with Gasteiger partial charge in [-0.25, -0.2) is 0 Å². The minimum absolute atomic E-state index is 0.561. The molecule has 0 N–H and O–H groups in total. The van der Waals surface area contributed by atoms with Crippen molar-refractivity contribution in [3.8, 4) is 5.75 Å². The number of ether oxygens (including phenoxy) is 1. The second-order valence-corrected chi connectivity index (χ2v) is 4.86. The van der Waals surface area contributed by atoms with E-state index in [1.807, 2.05) is 42.5 Å². The van der Waals surface area contributed by atoms with E-state index < -0.39 is 0 Å². The van der Waals surface area contributed by atoms with Crippen LogP contribution in [0.1, 0.15) is 6.92 Å². The van der Waals surface area contributed by atoms with E-state index >= 15 is 0 Å². The summed E-state index contributed by atoms with van der Waals surface area (Å²) in [5, 5.41) is 1.13. The summed E-state index contributed by atoms with van der Waals surface area (Å²) in [4.78, 5) is 2.15. The second-order valence-electron chi connectivity index (χ2n) is 4.04. The Balaban J connectivity index is 2.34. The zero-order valence-electron chi connectivity index (χ0n) is 10.9. The Morgan fingerprint density at radius 2 is 1.58 bits per heavy atom. The van der Waals surface area contributed by atoms with Gasteiger partial charge in [0.05, 0.1) is 17.2 Å². The van der Waals surface area contributed by atoms with Gasteiger partial charge in [-0.2, -0.15) is 0 Å². The predicted molar refractivity (Wildman–Crippen MR) is 82.1 cm³/mol. The van der Waals surface area contributed by atoms with E-state index in [4.69, 9.17) is 27.9 Å². The molecule has 0 bridgehead atoms. The Hall–Kier alpha value is -1.38. The van der Waals surface area contributed by atoms with Gasteiger partial charge < -0.3 is 9.64 Å². The first-order chi connectivity index (χ1) is 9.15. The molecule has 2 aromatic rings. The molecule has 0 saturated carbocycles. The van der Waals surface area contributed by atoms with Gasteiger partial charge in [0.2, 0.25) is 0 Å². The third kappa shape index (κ3) is 3.14. The lowest BCUT2D eigenvalue weighted by molar-refractivity contribution is 0.415. The van der Waals surface area contributed by atoms with E-state index in [0.717, 1.165) is 23.7 Å². The smallest absolute Gasteiger partial charge is 0.119 e. The van der Waals surface area contributed by atoms with Gasteiger partial charge in [0.15, 0.2) is 0 Å². The SMILES string of the molecule is CCN(c1ccc(OC)cc1)c1ccc(Cl)c(Cl)c1. The summed E-state index contributed by atoms with van der Waals surface area (Å²) in [6.45, 7) is 2.93. The van der Waals surface area contributed by atoms with Gasteiger partial charge >= 0.3 is 0 Å². The van der Waals surface area contributed by atoms with E-state index in [1.165, 1.54) is 0 Å². The van der Waals surface area contributed by atoms with Gasteiger partial charge in [-0.1, -0.05) is 23.2 Å². The highest BCUT2D eigenvalue weighted by atomic mass is 35.5. The summed E-state index contributed by atoms with van der Waals surface area (Å²) in [7, 11) is 1.66. The lowest BCUT2D eigenvalue weighted by atomic mass is 10.2. The quantitative estimate of drug-likeness (QED) is 0.772. The number of benzene rings is 2. The van der Waals surface area contributed by atoms with E-state index in [9.17, 15) is 0 Å². The van der Waals surface area contributed by atoms with Crippen LogP contribution in [0.5, 0.6) is 5.75 Å². The summed E-state index contributed by atoms with van der Waals surface area (Å²) < 4.78 is 5.17. The summed E-state index contributed by atoms with van der Waals surface area (Å²) in [5.41, 5.74) is 2.10. The zero-order valence-corrected chi connectivity index (χ0v) is 12.4. The number of anilines is 2. The molecule has 0 heterocycles. The topological polar surface area (TPSA) is 12.5 Å². The number of nitrogens with zero attached hydrogens (tertiary/aromatic N) is 1. The summed E-state index contributed by atoms with van der Waals surface area (Å²) >= 11 is 12.0. The Morgan fingerprint density at radius 3 is 2.11 bits per heavy atom. The van der Waals surface area contributed by atoms with Crippen LogP contribution in [0.4, 0.5) is 11.4 Å². The molecule has 4 heteroatoms. The van der Waals surface area contributed by atoms with Gasteiger partial charge in [-0.15, -0.1) is 0 Å². The third-order valence-corrected chi connectivity index (χ3v) is 3.65. The molecule has 0 atom stereocenters. The first-order valence-corrected chi connectivity index (χ1v) is 6.78. The van der Waals surface area contributed by atoms with Crippen molar-refractivity contribution in [2.24, 2.45) is 0 Å². The fourth-order valence-electron chi connectivity index (χ4n) is 1.93. The fraction of sp³-hybridized carbons (Fsp3) is 0.200. The monoisotopic (exact) mass is 295 g/mol. The second kappa shape index (κ2) is 6.18. The first-order valence-electron chi connectivity index (χ1n) is 6.02. The van der Waals surface area contributed by atoms with E-state index in [0.29, 0.717) is 10.0 Å². The minimum atomic E-state index is 0.561. The molecule has 2 rings (SSSR count). The molecule has 0 fully saturated rings. The van der Waals surface area contributed by atoms with Crippen LogP contribution in [-0.4, -0.2) is 13.7 Å². The predicted octanol–water partition coefficient (Wildman–Crippen LogP) is 5.16. The van der Waals surface area contributed by atoms with E-state index in [2.05, 4.69) is 11.8 Å². The Morgan fingerprint density at radius 1 is 0.947 bits per heavy atom.